The lowest BCUT2D eigenvalue weighted by Crippen LogP contribution is -2.42. The highest BCUT2D eigenvalue weighted by molar-refractivity contribution is 7.89. The van der Waals surface area contributed by atoms with Gasteiger partial charge in [0, 0.05) is 20.0 Å². The second kappa shape index (κ2) is 9.55. The third-order valence-corrected chi connectivity index (χ3v) is 6.44. The Labute approximate surface area is 188 Å². The van der Waals surface area contributed by atoms with Crippen LogP contribution in [-0.2, 0) is 21.0 Å². The van der Waals surface area contributed by atoms with Gasteiger partial charge in [0.25, 0.3) is 0 Å². The number of hydrogen-bond acceptors (Lipinski definition) is 5. The molecule has 1 atom stereocenters. The molecule has 0 aromatic heterocycles. The van der Waals surface area contributed by atoms with Crippen LogP contribution in [0.2, 0.25) is 5.02 Å². The molecule has 12 heteroatoms. The highest BCUT2D eigenvalue weighted by Crippen LogP contribution is 2.36. The molecular weight excluding hydrogens is 473 g/mol. The van der Waals surface area contributed by atoms with E-state index in [4.69, 9.17) is 21.1 Å². The molecular formula is C20H20ClF3N2O5S. The number of benzene rings is 2. The average molecular weight is 493 g/mol. The van der Waals surface area contributed by atoms with Crippen LogP contribution in [0, 0.1) is 0 Å². The number of rotatable bonds is 7. The Kier molecular flexibility index (Phi) is 7.21. The molecule has 0 aliphatic carbocycles. The van der Waals surface area contributed by atoms with Gasteiger partial charge in [0.15, 0.2) is 17.6 Å². The molecule has 0 saturated heterocycles. The minimum atomic E-state index is -4.80. The van der Waals surface area contributed by atoms with E-state index in [0.717, 1.165) is 12.1 Å². The van der Waals surface area contributed by atoms with Gasteiger partial charge in [0.05, 0.1) is 22.0 Å². The molecule has 174 valence electrons. The van der Waals surface area contributed by atoms with E-state index in [9.17, 15) is 26.4 Å². The molecule has 0 spiro atoms. The molecule has 3 rings (SSSR count). The topological polar surface area (TPSA) is 84.9 Å². The highest BCUT2D eigenvalue weighted by atomic mass is 35.5. The second-order valence-corrected chi connectivity index (χ2v) is 9.23. The van der Waals surface area contributed by atoms with E-state index < -0.39 is 37.8 Å². The second-order valence-electron chi connectivity index (χ2n) is 7.06. The summed E-state index contributed by atoms with van der Waals surface area (Å²) in [6.45, 7) is 0.172. The van der Waals surface area contributed by atoms with Gasteiger partial charge in [0.1, 0.15) is 6.61 Å². The van der Waals surface area contributed by atoms with E-state index in [1.165, 1.54) is 11.9 Å². The van der Waals surface area contributed by atoms with Crippen molar-refractivity contribution in [1.82, 2.24) is 9.62 Å². The zero-order valence-electron chi connectivity index (χ0n) is 16.9. The van der Waals surface area contributed by atoms with Crippen molar-refractivity contribution >= 4 is 27.5 Å². The van der Waals surface area contributed by atoms with Crippen LogP contribution in [0.3, 0.4) is 0 Å². The first-order valence-corrected chi connectivity index (χ1v) is 11.3. The van der Waals surface area contributed by atoms with Gasteiger partial charge in [-0.1, -0.05) is 23.7 Å². The van der Waals surface area contributed by atoms with Crippen molar-refractivity contribution in [3.05, 3.63) is 53.1 Å². The minimum Gasteiger partial charge on any atom is -0.486 e. The number of halogens is 4. The van der Waals surface area contributed by atoms with Crippen LogP contribution >= 0.6 is 11.6 Å². The Morgan fingerprint density at radius 3 is 2.59 bits per heavy atom. The molecule has 1 N–H and O–H groups in total. The standard InChI is InChI=1S/C20H20ClF3N2O5S/c1-26(11-13-12-30-17-4-2-3-5-18(17)31-13)19(27)8-9-25-32(28,29)14-6-7-16(21)15(10-14)20(22,23)24/h2-7,10,13,25H,8-9,11-12H2,1H3. The largest absolute Gasteiger partial charge is 0.486 e. The molecule has 0 bridgehead atoms. The SMILES string of the molecule is CN(CC1COc2ccccc2O1)C(=O)CCNS(=O)(=O)c1ccc(Cl)c(C(F)(F)F)c1. The summed E-state index contributed by atoms with van der Waals surface area (Å²) in [4.78, 5) is 13.1. The van der Waals surface area contributed by atoms with Crippen LogP contribution in [0.15, 0.2) is 47.4 Å². The van der Waals surface area contributed by atoms with Gasteiger partial charge in [-0.25, -0.2) is 13.1 Å². The molecule has 2 aromatic rings. The quantitative estimate of drug-likeness (QED) is 0.641. The molecule has 1 unspecified atom stereocenters. The first-order valence-electron chi connectivity index (χ1n) is 9.46. The van der Waals surface area contributed by atoms with Crippen molar-refractivity contribution in [3.8, 4) is 11.5 Å². The minimum absolute atomic E-state index is 0.195. The van der Waals surface area contributed by atoms with Gasteiger partial charge in [-0.15, -0.1) is 0 Å². The number of alkyl halides is 3. The Morgan fingerprint density at radius 2 is 1.91 bits per heavy atom. The summed E-state index contributed by atoms with van der Waals surface area (Å²) in [5.74, 6) is 0.809. The van der Waals surface area contributed by atoms with Gasteiger partial charge < -0.3 is 14.4 Å². The van der Waals surface area contributed by atoms with Crippen LogP contribution in [0.4, 0.5) is 13.2 Å². The van der Waals surface area contributed by atoms with Crippen molar-refractivity contribution < 1.29 is 35.9 Å². The van der Waals surface area contributed by atoms with E-state index >= 15 is 0 Å². The molecule has 7 nitrogen and oxygen atoms in total. The maximum atomic E-state index is 13.0. The van der Waals surface area contributed by atoms with E-state index in [1.807, 2.05) is 6.07 Å². The fraction of sp³-hybridized carbons (Fsp3) is 0.350. The van der Waals surface area contributed by atoms with Crippen LogP contribution in [0.25, 0.3) is 0 Å². The number of nitrogens with zero attached hydrogens (tertiary/aromatic N) is 1. The Hall–Kier alpha value is -2.50. The molecule has 1 amide bonds. The summed E-state index contributed by atoms with van der Waals surface area (Å²) < 4.78 is 77.1. The number of likely N-dealkylation sites (N-methyl/N-ethyl adjacent to an activating group) is 1. The van der Waals surface area contributed by atoms with Crippen LogP contribution in [-0.4, -0.2) is 52.1 Å². The van der Waals surface area contributed by atoms with E-state index in [1.54, 1.807) is 18.2 Å². The lowest BCUT2D eigenvalue weighted by Gasteiger charge is -2.29. The molecule has 0 saturated carbocycles. The van der Waals surface area contributed by atoms with Crippen molar-refractivity contribution in [1.29, 1.82) is 0 Å². The first-order chi connectivity index (χ1) is 15.0. The number of nitrogens with one attached hydrogen (secondary N) is 1. The van der Waals surface area contributed by atoms with Crippen molar-refractivity contribution in [3.63, 3.8) is 0 Å². The summed E-state index contributed by atoms with van der Waals surface area (Å²) in [6, 6.07) is 9.41. The third kappa shape index (κ3) is 5.84. The van der Waals surface area contributed by atoms with Gasteiger partial charge in [-0.2, -0.15) is 13.2 Å². The Bertz CT molecular complexity index is 1090. The summed E-state index contributed by atoms with van der Waals surface area (Å²) in [7, 11) is -2.73. The smallest absolute Gasteiger partial charge is 0.417 e. The Morgan fingerprint density at radius 1 is 1.22 bits per heavy atom. The predicted molar refractivity (Wildman–Crippen MR) is 110 cm³/mol. The highest BCUT2D eigenvalue weighted by Gasteiger charge is 2.34. The third-order valence-electron chi connectivity index (χ3n) is 4.66. The summed E-state index contributed by atoms with van der Waals surface area (Å²) in [5, 5.41) is -0.607. The number of sulfonamides is 1. The molecule has 32 heavy (non-hydrogen) atoms. The van der Waals surface area contributed by atoms with Gasteiger partial charge in [0.2, 0.25) is 15.9 Å². The van der Waals surface area contributed by atoms with Crippen LogP contribution in [0.5, 0.6) is 11.5 Å². The lowest BCUT2D eigenvalue weighted by molar-refractivity contribution is -0.137. The van der Waals surface area contributed by atoms with Gasteiger partial charge in [-0.3, -0.25) is 4.79 Å². The number of fused-ring (bicyclic) bond motifs is 1. The lowest BCUT2D eigenvalue weighted by atomic mass is 10.2. The normalized spacial score (nSPS) is 16.0. The van der Waals surface area contributed by atoms with E-state index in [0.29, 0.717) is 17.6 Å². The molecule has 1 aliphatic rings. The zero-order valence-corrected chi connectivity index (χ0v) is 18.4. The molecule has 2 aromatic carbocycles. The number of hydrogen-bond donors (Lipinski definition) is 1. The summed E-state index contributed by atoms with van der Waals surface area (Å²) in [6.07, 6.45) is -5.39. The average Bonchev–Trinajstić information content (AvgIpc) is 2.72. The maximum absolute atomic E-state index is 13.0. The number of carbonyl (C=O) groups excluding carboxylic acids is 1. The van der Waals surface area contributed by atoms with Crippen LogP contribution in [0.1, 0.15) is 12.0 Å². The van der Waals surface area contributed by atoms with Gasteiger partial charge >= 0.3 is 6.18 Å². The fourth-order valence-electron chi connectivity index (χ4n) is 3.02. The maximum Gasteiger partial charge on any atom is 0.417 e. The summed E-state index contributed by atoms with van der Waals surface area (Å²) in [5.41, 5.74) is -1.26. The first kappa shape index (κ1) is 24.1. The fourth-order valence-corrected chi connectivity index (χ4v) is 4.30. The predicted octanol–water partition coefficient (Wildman–Crippen LogP) is 3.33. The van der Waals surface area contributed by atoms with E-state index in [-0.39, 0.29) is 32.0 Å². The molecule has 1 aliphatic heterocycles. The van der Waals surface area contributed by atoms with Crippen LogP contribution < -0.4 is 14.2 Å². The molecule has 1 heterocycles. The molecule has 0 radical (unpaired) electrons. The van der Waals surface area contributed by atoms with Crippen molar-refractivity contribution in [2.45, 2.75) is 23.6 Å². The Balaban J connectivity index is 1.53. The number of amides is 1. The monoisotopic (exact) mass is 492 g/mol. The number of ether oxygens (including phenoxy) is 2. The zero-order chi connectivity index (χ0) is 23.5. The number of para-hydroxylation sites is 2. The van der Waals surface area contributed by atoms with Crippen molar-refractivity contribution in [2.24, 2.45) is 0 Å². The van der Waals surface area contributed by atoms with Gasteiger partial charge in [-0.05, 0) is 30.3 Å². The molecule has 0 fully saturated rings. The van der Waals surface area contributed by atoms with Crippen molar-refractivity contribution in [2.75, 3.05) is 26.7 Å². The van der Waals surface area contributed by atoms with E-state index in [2.05, 4.69) is 4.72 Å². The number of carbonyl (C=O) groups is 1. The summed E-state index contributed by atoms with van der Waals surface area (Å²) >= 11 is 5.52.